The largest absolute Gasteiger partial charge is 1.00 e. The zero-order valence-corrected chi connectivity index (χ0v) is 7.45. The van der Waals surface area contributed by atoms with Crippen LogP contribution in [0.1, 0.15) is 8.35 Å². The van der Waals surface area contributed by atoms with Crippen molar-refractivity contribution >= 4 is 13.6 Å². The van der Waals surface area contributed by atoms with Gasteiger partial charge < -0.3 is 14.5 Å². The fraction of sp³-hybridized carbons (Fsp3) is 0.333. The second-order valence-corrected chi connectivity index (χ2v) is 3.98. The van der Waals surface area contributed by atoms with Gasteiger partial charge in [0.2, 0.25) is 5.85 Å². The van der Waals surface area contributed by atoms with E-state index in [2.05, 4.69) is 18.2 Å². The lowest BCUT2D eigenvalue weighted by atomic mass is 10.4. The summed E-state index contributed by atoms with van der Waals surface area (Å²) in [6, 6.07) is 0. The van der Waals surface area contributed by atoms with Crippen molar-refractivity contribution in [1.29, 1.82) is 0 Å². The Morgan fingerprint density at radius 2 is 2.08 bits per heavy atom. The molecule has 0 bridgehead atoms. The number of carbonyl (C=O) groups excluding carboxylic acids is 1. The van der Waals surface area contributed by atoms with Crippen LogP contribution in [0, 0.1) is 6.92 Å². The summed E-state index contributed by atoms with van der Waals surface area (Å²) in [7, 11) is -4.45. The Morgan fingerprint density at radius 1 is 1.67 bits per heavy atom. The maximum absolute atomic E-state index is 10.7. The molecule has 1 atom stereocenters. The molecular formula is C6H11O5P+. The number of hydrogen-bond donors (Lipinski definition) is 2. The quantitative estimate of drug-likeness (QED) is 0.389. The minimum Gasteiger partial charge on any atom is -0.446 e. The SMILES string of the molecule is [CH2]C(OC(=O)C(=C)C)P(=O)(O)O.[H+]. The number of rotatable bonds is 3. The predicted octanol–water partition coefficient (Wildman–Crippen LogP) is 0.556. The maximum Gasteiger partial charge on any atom is 1.00 e. The van der Waals surface area contributed by atoms with Gasteiger partial charge in [0.15, 0.2) is 0 Å². The van der Waals surface area contributed by atoms with Crippen molar-refractivity contribution in [2.24, 2.45) is 0 Å². The molecule has 0 aliphatic heterocycles. The first-order chi connectivity index (χ1) is 5.25. The third kappa shape index (κ3) is 3.67. The van der Waals surface area contributed by atoms with Crippen LogP contribution in [-0.4, -0.2) is 21.6 Å². The normalized spacial score (nSPS) is 13.7. The highest BCUT2D eigenvalue weighted by Gasteiger charge is 2.27. The van der Waals surface area contributed by atoms with Gasteiger partial charge in [-0.2, -0.15) is 0 Å². The van der Waals surface area contributed by atoms with Crippen LogP contribution in [-0.2, 0) is 14.1 Å². The molecule has 12 heavy (non-hydrogen) atoms. The van der Waals surface area contributed by atoms with Crippen LogP contribution >= 0.6 is 7.60 Å². The van der Waals surface area contributed by atoms with Crippen LogP contribution in [0.2, 0.25) is 0 Å². The van der Waals surface area contributed by atoms with Gasteiger partial charge in [-0.15, -0.1) is 0 Å². The van der Waals surface area contributed by atoms with E-state index in [0.717, 1.165) is 0 Å². The Hall–Kier alpha value is -0.640. The Kier molecular flexibility index (Phi) is 3.64. The molecule has 2 N–H and O–H groups in total. The summed E-state index contributed by atoms with van der Waals surface area (Å²) in [4.78, 5) is 27.6. The molecule has 6 heteroatoms. The van der Waals surface area contributed by atoms with Crippen molar-refractivity contribution in [2.75, 3.05) is 0 Å². The molecular weight excluding hydrogens is 183 g/mol. The van der Waals surface area contributed by atoms with E-state index in [4.69, 9.17) is 9.79 Å². The Labute approximate surface area is 71.7 Å². The molecule has 0 fully saturated rings. The van der Waals surface area contributed by atoms with Crippen molar-refractivity contribution in [2.45, 2.75) is 12.8 Å². The van der Waals surface area contributed by atoms with Gasteiger partial charge in [-0.25, -0.2) is 4.79 Å². The molecule has 0 heterocycles. The predicted molar refractivity (Wildman–Crippen MR) is 43.2 cm³/mol. The maximum atomic E-state index is 10.7. The highest BCUT2D eigenvalue weighted by Crippen LogP contribution is 2.41. The molecule has 0 saturated carbocycles. The van der Waals surface area contributed by atoms with Crippen molar-refractivity contribution < 1.29 is 25.3 Å². The summed E-state index contributed by atoms with van der Waals surface area (Å²) in [5.74, 6) is -2.53. The van der Waals surface area contributed by atoms with Gasteiger partial charge in [-0.1, -0.05) is 6.58 Å². The minimum absolute atomic E-state index is 0. The smallest absolute Gasteiger partial charge is 0.446 e. The lowest BCUT2D eigenvalue weighted by molar-refractivity contribution is -0.139. The molecule has 0 rings (SSSR count). The molecule has 1 unspecified atom stereocenters. The van der Waals surface area contributed by atoms with Crippen molar-refractivity contribution in [3.05, 3.63) is 19.1 Å². The summed E-state index contributed by atoms with van der Waals surface area (Å²) in [5.41, 5.74) is 0.0668. The van der Waals surface area contributed by atoms with E-state index in [0.29, 0.717) is 0 Å². The van der Waals surface area contributed by atoms with E-state index in [-0.39, 0.29) is 7.00 Å². The summed E-state index contributed by atoms with van der Waals surface area (Å²) < 4.78 is 14.7. The van der Waals surface area contributed by atoms with Crippen LogP contribution in [0.25, 0.3) is 0 Å². The number of hydrogen-bond acceptors (Lipinski definition) is 3. The van der Waals surface area contributed by atoms with Gasteiger partial charge in [0, 0.05) is 12.5 Å². The van der Waals surface area contributed by atoms with E-state index in [1.165, 1.54) is 6.92 Å². The van der Waals surface area contributed by atoms with Gasteiger partial charge in [-0.05, 0) is 6.92 Å². The molecule has 0 aromatic carbocycles. The molecule has 5 nitrogen and oxygen atoms in total. The zero-order chi connectivity index (χ0) is 9.94. The van der Waals surface area contributed by atoms with Gasteiger partial charge in [0.25, 0.3) is 0 Å². The summed E-state index contributed by atoms with van der Waals surface area (Å²) in [6.45, 7) is 7.59. The first-order valence-corrected chi connectivity index (χ1v) is 4.68. The Balaban J connectivity index is 0. The first kappa shape index (κ1) is 11.4. The molecule has 0 aliphatic carbocycles. The van der Waals surface area contributed by atoms with Gasteiger partial charge >= 0.3 is 15.0 Å². The van der Waals surface area contributed by atoms with Crippen LogP contribution in [0.3, 0.4) is 0 Å². The average molecular weight is 194 g/mol. The van der Waals surface area contributed by atoms with Gasteiger partial charge in [-0.3, -0.25) is 4.57 Å². The standard InChI is InChI=1S/C6H10O5P/c1-4(2)6(7)11-5(3)12(8,9)10/h5H,1,3H2,2H3,(H2,8,9,10)/p+1. The van der Waals surface area contributed by atoms with Crippen LogP contribution < -0.4 is 0 Å². The molecule has 0 spiro atoms. The van der Waals surface area contributed by atoms with Crippen LogP contribution in [0.4, 0.5) is 0 Å². The third-order valence-corrected chi connectivity index (χ3v) is 1.82. The lowest BCUT2D eigenvalue weighted by Gasteiger charge is -2.13. The lowest BCUT2D eigenvalue weighted by Crippen LogP contribution is -2.15. The molecule has 0 aromatic heterocycles. The highest BCUT2D eigenvalue weighted by atomic mass is 31.2. The molecule has 69 valence electrons. The topological polar surface area (TPSA) is 83.8 Å². The highest BCUT2D eigenvalue weighted by molar-refractivity contribution is 7.52. The molecule has 1 radical (unpaired) electrons. The third-order valence-electron chi connectivity index (χ3n) is 0.967. The van der Waals surface area contributed by atoms with Crippen LogP contribution in [0.15, 0.2) is 12.2 Å². The zero-order valence-electron chi connectivity index (χ0n) is 7.56. The number of carbonyl (C=O) groups is 1. The second-order valence-electron chi connectivity index (χ2n) is 2.23. The summed E-state index contributed by atoms with van der Waals surface area (Å²) in [6.07, 6.45) is 0. The van der Waals surface area contributed by atoms with E-state index < -0.39 is 19.4 Å². The summed E-state index contributed by atoms with van der Waals surface area (Å²) in [5, 5.41) is 0. The second kappa shape index (κ2) is 3.85. The first-order valence-electron chi connectivity index (χ1n) is 3.00. The van der Waals surface area contributed by atoms with E-state index >= 15 is 0 Å². The number of ether oxygens (including phenoxy) is 1. The molecule has 0 aromatic rings. The van der Waals surface area contributed by atoms with E-state index in [1.807, 2.05) is 0 Å². The fourth-order valence-electron chi connectivity index (χ4n) is 0.293. The molecule has 0 amide bonds. The Morgan fingerprint density at radius 3 is 2.33 bits per heavy atom. The van der Waals surface area contributed by atoms with E-state index in [1.54, 1.807) is 0 Å². The average Bonchev–Trinajstić information content (AvgIpc) is 1.85. The fourth-order valence-corrected chi connectivity index (χ4v) is 0.526. The van der Waals surface area contributed by atoms with Gasteiger partial charge in [0.1, 0.15) is 0 Å². The molecule has 0 aliphatic rings. The number of esters is 1. The van der Waals surface area contributed by atoms with E-state index in [9.17, 15) is 9.36 Å². The Bertz CT molecular complexity index is 245. The summed E-state index contributed by atoms with van der Waals surface area (Å²) >= 11 is 0. The minimum atomic E-state index is -4.45. The van der Waals surface area contributed by atoms with Crippen molar-refractivity contribution in [3.63, 3.8) is 0 Å². The van der Waals surface area contributed by atoms with Crippen LogP contribution in [0.5, 0.6) is 0 Å². The van der Waals surface area contributed by atoms with Gasteiger partial charge in [0.05, 0.1) is 0 Å². The molecule has 0 saturated heterocycles. The van der Waals surface area contributed by atoms with Crippen molar-refractivity contribution in [3.8, 4) is 0 Å². The van der Waals surface area contributed by atoms with Crippen molar-refractivity contribution in [1.82, 2.24) is 0 Å². The monoisotopic (exact) mass is 194 g/mol.